The van der Waals surface area contributed by atoms with E-state index >= 15 is 0 Å². The van der Waals surface area contributed by atoms with Crippen molar-refractivity contribution in [3.05, 3.63) is 60.0 Å². The average molecular weight is 365 g/mol. The number of para-hydroxylation sites is 2. The Labute approximate surface area is 155 Å². The molecule has 0 saturated heterocycles. The first-order chi connectivity index (χ1) is 12.7. The molecule has 26 heavy (non-hydrogen) atoms. The summed E-state index contributed by atoms with van der Waals surface area (Å²) in [5.74, 6) is 8.46. The molecule has 2 aromatic carbocycles. The van der Waals surface area contributed by atoms with Gasteiger partial charge in [0.1, 0.15) is 5.52 Å². The molecule has 0 aliphatic heterocycles. The first-order valence-corrected chi connectivity index (χ1v) is 9.44. The fourth-order valence-electron chi connectivity index (χ4n) is 2.69. The van der Waals surface area contributed by atoms with Gasteiger partial charge in [-0.05, 0) is 25.5 Å². The van der Waals surface area contributed by atoms with E-state index in [4.69, 9.17) is 10.3 Å². The molecular weight excluding hydrogens is 346 g/mol. The number of rotatable bonds is 6. The lowest BCUT2D eigenvalue weighted by Crippen LogP contribution is -2.11. The molecule has 2 aromatic heterocycles. The summed E-state index contributed by atoms with van der Waals surface area (Å²) in [6.45, 7) is 2.05. The van der Waals surface area contributed by atoms with E-state index in [1.54, 1.807) is 16.4 Å². The number of fused-ring (bicyclic) bond motifs is 1. The largest absolute Gasteiger partial charge is 0.441 e. The van der Waals surface area contributed by atoms with Gasteiger partial charge in [0.05, 0.1) is 0 Å². The summed E-state index contributed by atoms with van der Waals surface area (Å²) in [7, 11) is 0. The molecule has 0 aliphatic carbocycles. The molecule has 0 unspecified atom stereocenters. The minimum absolute atomic E-state index is 0.673. The smallest absolute Gasteiger partial charge is 0.210 e. The monoisotopic (exact) mass is 365 g/mol. The van der Waals surface area contributed by atoms with E-state index in [9.17, 15) is 0 Å². The number of nitrogen functional groups attached to an aromatic ring is 1. The first-order valence-electron chi connectivity index (χ1n) is 8.45. The SMILES string of the molecule is Cc1ccc(-c2nnc(SCCCc3nc4ccccc4o3)n2N)cc1. The number of oxazole rings is 1. The Hall–Kier alpha value is -2.80. The number of nitrogens with two attached hydrogens (primary N) is 1. The van der Waals surface area contributed by atoms with Crippen LogP contribution in [-0.2, 0) is 6.42 Å². The van der Waals surface area contributed by atoms with Gasteiger partial charge in [0.2, 0.25) is 5.16 Å². The van der Waals surface area contributed by atoms with Crippen LogP contribution in [0, 0.1) is 6.92 Å². The number of hydrogen-bond acceptors (Lipinski definition) is 6. The standard InChI is InChI=1S/C19H19N5OS/c1-13-8-10-14(11-9-13)18-22-23-19(24(18)20)26-12-4-7-17-21-15-5-2-3-6-16(15)25-17/h2-3,5-6,8-11H,4,7,12,20H2,1H3. The lowest BCUT2D eigenvalue weighted by molar-refractivity contribution is 0.526. The van der Waals surface area contributed by atoms with Gasteiger partial charge < -0.3 is 10.3 Å². The highest BCUT2D eigenvalue weighted by Gasteiger charge is 2.12. The lowest BCUT2D eigenvalue weighted by Gasteiger charge is -2.03. The van der Waals surface area contributed by atoms with Gasteiger partial charge in [-0.25, -0.2) is 9.66 Å². The summed E-state index contributed by atoms with van der Waals surface area (Å²) in [5, 5.41) is 9.13. The van der Waals surface area contributed by atoms with Gasteiger partial charge in [-0.2, -0.15) is 0 Å². The third kappa shape index (κ3) is 3.43. The van der Waals surface area contributed by atoms with Crippen molar-refractivity contribution in [3.63, 3.8) is 0 Å². The molecule has 0 atom stereocenters. The van der Waals surface area contributed by atoms with Gasteiger partial charge in [0, 0.05) is 17.7 Å². The summed E-state index contributed by atoms with van der Waals surface area (Å²) in [5.41, 5.74) is 3.90. The van der Waals surface area contributed by atoms with E-state index in [2.05, 4.69) is 22.1 Å². The number of aromatic nitrogens is 4. The molecule has 0 aliphatic rings. The molecule has 0 spiro atoms. The zero-order valence-corrected chi connectivity index (χ0v) is 15.2. The lowest BCUT2D eigenvalue weighted by atomic mass is 10.1. The van der Waals surface area contributed by atoms with Crippen molar-refractivity contribution in [1.82, 2.24) is 19.9 Å². The average Bonchev–Trinajstić information content (AvgIpc) is 3.23. The van der Waals surface area contributed by atoms with E-state index in [1.165, 1.54) is 5.56 Å². The van der Waals surface area contributed by atoms with Gasteiger partial charge >= 0.3 is 0 Å². The third-order valence-electron chi connectivity index (χ3n) is 4.08. The molecule has 2 N–H and O–H groups in total. The second-order valence-electron chi connectivity index (χ2n) is 6.07. The Morgan fingerprint density at radius 3 is 2.69 bits per heavy atom. The zero-order chi connectivity index (χ0) is 17.9. The predicted octanol–water partition coefficient (Wildman–Crippen LogP) is 3.83. The number of thioether (sulfide) groups is 1. The Balaban J connectivity index is 1.35. The molecule has 0 fully saturated rings. The zero-order valence-electron chi connectivity index (χ0n) is 14.4. The Morgan fingerprint density at radius 2 is 1.88 bits per heavy atom. The maximum Gasteiger partial charge on any atom is 0.210 e. The van der Waals surface area contributed by atoms with Crippen LogP contribution in [0.3, 0.4) is 0 Å². The summed E-state index contributed by atoms with van der Waals surface area (Å²) in [4.78, 5) is 4.49. The second-order valence-corrected chi connectivity index (χ2v) is 7.13. The van der Waals surface area contributed by atoms with Crippen LogP contribution >= 0.6 is 11.8 Å². The number of nitrogens with zero attached hydrogens (tertiary/aromatic N) is 4. The summed E-state index contributed by atoms with van der Waals surface area (Å²) < 4.78 is 7.29. The minimum atomic E-state index is 0.673. The van der Waals surface area contributed by atoms with Crippen LogP contribution in [0.5, 0.6) is 0 Å². The number of benzene rings is 2. The fraction of sp³-hybridized carbons (Fsp3) is 0.211. The van der Waals surface area contributed by atoms with E-state index in [1.807, 2.05) is 48.5 Å². The molecule has 6 nitrogen and oxygen atoms in total. The third-order valence-corrected chi connectivity index (χ3v) is 5.11. The van der Waals surface area contributed by atoms with E-state index in [-0.39, 0.29) is 0 Å². The van der Waals surface area contributed by atoms with Crippen LogP contribution in [0.15, 0.2) is 58.1 Å². The van der Waals surface area contributed by atoms with Crippen molar-refractivity contribution < 1.29 is 4.42 Å². The molecule has 0 saturated carbocycles. The maximum absolute atomic E-state index is 6.16. The summed E-state index contributed by atoms with van der Waals surface area (Å²) in [6.07, 6.45) is 1.70. The molecule has 2 heterocycles. The highest BCUT2D eigenvalue weighted by Crippen LogP contribution is 2.23. The van der Waals surface area contributed by atoms with Crippen LogP contribution in [0.2, 0.25) is 0 Å². The molecular formula is C19H19N5OS. The molecule has 132 valence electrons. The van der Waals surface area contributed by atoms with Gasteiger partial charge in [-0.3, -0.25) is 0 Å². The van der Waals surface area contributed by atoms with Crippen molar-refractivity contribution >= 4 is 22.9 Å². The van der Waals surface area contributed by atoms with Crippen molar-refractivity contribution in [2.75, 3.05) is 11.6 Å². The highest BCUT2D eigenvalue weighted by molar-refractivity contribution is 7.99. The Morgan fingerprint density at radius 1 is 1.08 bits per heavy atom. The van der Waals surface area contributed by atoms with E-state index in [0.29, 0.717) is 11.0 Å². The van der Waals surface area contributed by atoms with Crippen LogP contribution in [-0.4, -0.2) is 25.6 Å². The molecule has 0 radical (unpaired) electrons. The van der Waals surface area contributed by atoms with E-state index in [0.717, 1.165) is 41.1 Å². The van der Waals surface area contributed by atoms with Crippen molar-refractivity contribution in [3.8, 4) is 11.4 Å². The highest BCUT2D eigenvalue weighted by atomic mass is 32.2. The minimum Gasteiger partial charge on any atom is -0.441 e. The Kier molecular flexibility index (Phi) is 4.62. The molecule has 0 amide bonds. The van der Waals surface area contributed by atoms with Crippen molar-refractivity contribution in [2.45, 2.75) is 24.9 Å². The number of hydrogen-bond donors (Lipinski definition) is 1. The van der Waals surface area contributed by atoms with Gasteiger partial charge in [-0.1, -0.05) is 53.7 Å². The van der Waals surface area contributed by atoms with Crippen molar-refractivity contribution in [2.24, 2.45) is 0 Å². The van der Waals surface area contributed by atoms with E-state index < -0.39 is 0 Å². The van der Waals surface area contributed by atoms with Crippen LogP contribution in [0.25, 0.3) is 22.5 Å². The maximum atomic E-state index is 6.16. The second kappa shape index (κ2) is 7.21. The van der Waals surface area contributed by atoms with Gasteiger partial charge in [-0.15, -0.1) is 10.2 Å². The predicted molar refractivity (Wildman–Crippen MR) is 103 cm³/mol. The summed E-state index contributed by atoms with van der Waals surface area (Å²) in [6, 6.07) is 15.9. The quantitative estimate of drug-likeness (QED) is 0.318. The number of aryl methyl sites for hydroxylation is 2. The van der Waals surface area contributed by atoms with Gasteiger partial charge in [0.15, 0.2) is 17.3 Å². The molecule has 4 aromatic rings. The normalized spacial score (nSPS) is 11.3. The topological polar surface area (TPSA) is 82.8 Å². The van der Waals surface area contributed by atoms with Crippen LogP contribution < -0.4 is 5.84 Å². The molecule has 0 bridgehead atoms. The fourth-order valence-corrected chi connectivity index (χ4v) is 3.48. The molecule has 4 rings (SSSR count). The van der Waals surface area contributed by atoms with Crippen LogP contribution in [0.4, 0.5) is 0 Å². The van der Waals surface area contributed by atoms with Crippen LogP contribution in [0.1, 0.15) is 17.9 Å². The molecule has 7 heteroatoms. The first kappa shape index (κ1) is 16.7. The van der Waals surface area contributed by atoms with Crippen molar-refractivity contribution in [1.29, 1.82) is 0 Å². The Bertz CT molecular complexity index is 989. The summed E-state index contributed by atoms with van der Waals surface area (Å²) >= 11 is 1.59. The van der Waals surface area contributed by atoms with Gasteiger partial charge in [0.25, 0.3) is 0 Å².